The summed E-state index contributed by atoms with van der Waals surface area (Å²) >= 11 is 0. The van der Waals surface area contributed by atoms with E-state index >= 15 is 0 Å². The van der Waals surface area contributed by atoms with Crippen LogP contribution in [0.4, 0.5) is 15.8 Å². The third kappa shape index (κ3) is 4.30. The molecule has 2 aromatic rings. The number of hydrogen-bond acceptors (Lipinski definition) is 4. The number of methoxy groups -OCH3 is 2. The predicted molar refractivity (Wildman–Crippen MR) is 97.0 cm³/mol. The van der Waals surface area contributed by atoms with Gasteiger partial charge in [0.2, 0.25) is 11.8 Å². The fourth-order valence-corrected chi connectivity index (χ4v) is 2.16. The van der Waals surface area contributed by atoms with Gasteiger partial charge in [-0.15, -0.1) is 0 Å². The Bertz CT molecular complexity index is 821. The van der Waals surface area contributed by atoms with E-state index in [-0.39, 0.29) is 5.69 Å². The summed E-state index contributed by atoms with van der Waals surface area (Å²) in [6.07, 6.45) is 0. The monoisotopic (exact) mass is 360 g/mol. The van der Waals surface area contributed by atoms with Crippen LogP contribution in [0.3, 0.4) is 0 Å². The fourth-order valence-electron chi connectivity index (χ4n) is 2.16. The molecule has 0 radical (unpaired) electrons. The number of anilines is 2. The molecule has 0 spiro atoms. The SMILES string of the molecule is COc1ccc(NC(=O)C(C)(C)C(=O)Nc2cccc(F)c2)cc1OC. The summed E-state index contributed by atoms with van der Waals surface area (Å²) in [6.45, 7) is 2.97. The van der Waals surface area contributed by atoms with Crippen LogP contribution in [0.25, 0.3) is 0 Å². The van der Waals surface area contributed by atoms with Gasteiger partial charge in [0, 0.05) is 17.4 Å². The summed E-state index contributed by atoms with van der Waals surface area (Å²) in [4.78, 5) is 25.0. The highest BCUT2D eigenvalue weighted by Gasteiger charge is 2.36. The minimum absolute atomic E-state index is 0.280. The molecule has 0 saturated heterocycles. The Labute approximate surface area is 151 Å². The molecule has 6 nitrogen and oxygen atoms in total. The number of carbonyl (C=O) groups excluding carboxylic acids is 2. The molecule has 0 aliphatic heterocycles. The van der Waals surface area contributed by atoms with Gasteiger partial charge < -0.3 is 20.1 Å². The van der Waals surface area contributed by atoms with Crippen LogP contribution in [0.1, 0.15) is 13.8 Å². The van der Waals surface area contributed by atoms with E-state index in [4.69, 9.17) is 9.47 Å². The molecular weight excluding hydrogens is 339 g/mol. The first-order chi connectivity index (χ1) is 12.3. The first-order valence-corrected chi connectivity index (χ1v) is 7.88. The maximum Gasteiger partial charge on any atom is 0.239 e. The maximum atomic E-state index is 13.2. The number of ether oxygens (including phenoxy) is 2. The van der Waals surface area contributed by atoms with Gasteiger partial charge in [-0.25, -0.2) is 4.39 Å². The zero-order valence-corrected chi connectivity index (χ0v) is 15.1. The first-order valence-electron chi connectivity index (χ1n) is 7.88. The van der Waals surface area contributed by atoms with Crippen molar-refractivity contribution in [1.82, 2.24) is 0 Å². The number of hydrogen-bond donors (Lipinski definition) is 2. The van der Waals surface area contributed by atoms with Gasteiger partial charge in [-0.3, -0.25) is 9.59 Å². The van der Waals surface area contributed by atoms with Crippen molar-refractivity contribution < 1.29 is 23.5 Å². The van der Waals surface area contributed by atoms with Crippen molar-refractivity contribution in [1.29, 1.82) is 0 Å². The number of nitrogens with one attached hydrogen (secondary N) is 2. The molecule has 0 aromatic heterocycles. The average molecular weight is 360 g/mol. The number of amides is 2. The zero-order chi connectivity index (χ0) is 19.3. The third-order valence-electron chi connectivity index (χ3n) is 3.86. The average Bonchev–Trinajstić information content (AvgIpc) is 2.61. The van der Waals surface area contributed by atoms with Crippen LogP contribution in [0, 0.1) is 11.2 Å². The highest BCUT2D eigenvalue weighted by molar-refractivity contribution is 6.14. The van der Waals surface area contributed by atoms with Crippen molar-refractivity contribution in [3.63, 3.8) is 0 Å². The Hall–Kier alpha value is -3.09. The van der Waals surface area contributed by atoms with Crippen LogP contribution in [0.2, 0.25) is 0 Å². The molecule has 0 heterocycles. The molecule has 2 rings (SSSR count). The summed E-state index contributed by atoms with van der Waals surface area (Å²) in [5, 5.41) is 5.22. The highest BCUT2D eigenvalue weighted by atomic mass is 19.1. The molecule has 2 N–H and O–H groups in total. The molecule has 0 saturated carbocycles. The van der Waals surface area contributed by atoms with Crippen LogP contribution in [-0.4, -0.2) is 26.0 Å². The molecule has 2 aromatic carbocycles. The lowest BCUT2D eigenvalue weighted by Crippen LogP contribution is -2.41. The summed E-state index contributed by atoms with van der Waals surface area (Å²) in [7, 11) is 3.00. The normalized spacial score (nSPS) is 10.8. The minimum atomic E-state index is -1.39. The number of halogens is 1. The van der Waals surface area contributed by atoms with Gasteiger partial charge in [0.25, 0.3) is 0 Å². The molecule has 138 valence electrons. The van der Waals surface area contributed by atoms with E-state index in [0.717, 1.165) is 0 Å². The van der Waals surface area contributed by atoms with Gasteiger partial charge >= 0.3 is 0 Å². The standard InChI is InChI=1S/C19H21FN2O4/c1-19(2,17(23)21-13-7-5-6-12(20)10-13)18(24)22-14-8-9-15(25-3)16(11-14)26-4/h5-11H,1-4H3,(H,21,23)(H,22,24). The summed E-state index contributed by atoms with van der Waals surface area (Å²) in [5.41, 5.74) is -0.652. The summed E-state index contributed by atoms with van der Waals surface area (Å²) in [6, 6.07) is 10.3. The lowest BCUT2D eigenvalue weighted by atomic mass is 9.90. The second-order valence-corrected chi connectivity index (χ2v) is 6.11. The molecule has 0 unspecified atom stereocenters. The van der Waals surface area contributed by atoms with Crippen molar-refractivity contribution >= 4 is 23.2 Å². The topological polar surface area (TPSA) is 76.7 Å². The van der Waals surface area contributed by atoms with Gasteiger partial charge in [-0.1, -0.05) is 6.07 Å². The first kappa shape index (κ1) is 19.2. The van der Waals surface area contributed by atoms with Crippen molar-refractivity contribution in [3.8, 4) is 11.5 Å². The summed E-state index contributed by atoms with van der Waals surface area (Å²) < 4.78 is 23.6. The second-order valence-electron chi connectivity index (χ2n) is 6.11. The Morgan fingerprint density at radius 3 is 2.00 bits per heavy atom. The van der Waals surface area contributed by atoms with Gasteiger partial charge in [-0.05, 0) is 44.2 Å². The van der Waals surface area contributed by atoms with Crippen molar-refractivity contribution in [2.75, 3.05) is 24.9 Å². The van der Waals surface area contributed by atoms with E-state index in [1.165, 1.54) is 46.3 Å². The van der Waals surface area contributed by atoms with Gasteiger partial charge in [0.15, 0.2) is 11.5 Å². The minimum Gasteiger partial charge on any atom is -0.493 e. The van der Waals surface area contributed by atoms with Crippen LogP contribution in [0.15, 0.2) is 42.5 Å². The largest absolute Gasteiger partial charge is 0.493 e. The van der Waals surface area contributed by atoms with Crippen molar-refractivity contribution in [2.45, 2.75) is 13.8 Å². The Kier molecular flexibility index (Phi) is 5.82. The zero-order valence-electron chi connectivity index (χ0n) is 15.1. The molecule has 0 fully saturated rings. The molecule has 2 amide bonds. The molecule has 0 aliphatic rings. The number of rotatable bonds is 6. The van der Waals surface area contributed by atoms with Crippen LogP contribution in [-0.2, 0) is 9.59 Å². The summed E-state index contributed by atoms with van der Waals surface area (Å²) in [5.74, 6) is -0.573. The molecule has 0 aliphatic carbocycles. The fraction of sp³-hybridized carbons (Fsp3) is 0.263. The number of benzene rings is 2. The van der Waals surface area contributed by atoms with Gasteiger partial charge in [0.05, 0.1) is 14.2 Å². The van der Waals surface area contributed by atoms with E-state index < -0.39 is 23.0 Å². The van der Waals surface area contributed by atoms with E-state index in [9.17, 15) is 14.0 Å². The Morgan fingerprint density at radius 2 is 1.46 bits per heavy atom. The van der Waals surface area contributed by atoms with Crippen molar-refractivity contribution in [3.05, 3.63) is 48.3 Å². The van der Waals surface area contributed by atoms with Crippen LogP contribution < -0.4 is 20.1 Å². The van der Waals surface area contributed by atoms with E-state index in [0.29, 0.717) is 17.2 Å². The molecule has 26 heavy (non-hydrogen) atoms. The molecule has 0 atom stereocenters. The third-order valence-corrected chi connectivity index (χ3v) is 3.86. The molecular formula is C19H21FN2O4. The lowest BCUT2D eigenvalue weighted by molar-refractivity contribution is -0.135. The highest BCUT2D eigenvalue weighted by Crippen LogP contribution is 2.30. The molecule has 7 heteroatoms. The van der Waals surface area contributed by atoms with Gasteiger partial charge in [-0.2, -0.15) is 0 Å². The lowest BCUT2D eigenvalue weighted by Gasteiger charge is -2.23. The Morgan fingerprint density at radius 1 is 0.885 bits per heavy atom. The maximum absolute atomic E-state index is 13.2. The van der Waals surface area contributed by atoms with E-state index in [1.54, 1.807) is 24.3 Å². The van der Waals surface area contributed by atoms with Crippen LogP contribution >= 0.6 is 0 Å². The van der Waals surface area contributed by atoms with Crippen molar-refractivity contribution in [2.24, 2.45) is 5.41 Å². The predicted octanol–water partition coefficient (Wildman–Crippen LogP) is 3.45. The van der Waals surface area contributed by atoms with Crippen LogP contribution in [0.5, 0.6) is 11.5 Å². The smallest absolute Gasteiger partial charge is 0.239 e. The van der Waals surface area contributed by atoms with E-state index in [2.05, 4.69) is 10.6 Å². The second kappa shape index (κ2) is 7.86. The number of carbonyl (C=O) groups is 2. The van der Waals surface area contributed by atoms with Gasteiger partial charge in [0.1, 0.15) is 11.2 Å². The Balaban J connectivity index is 2.12. The van der Waals surface area contributed by atoms with E-state index in [1.807, 2.05) is 0 Å². The quantitative estimate of drug-likeness (QED) is 0.774. The molecule has 0 bridgehead atoms.